The normalized spacial score (nSPS) is 14.6. The van der Waals surface area contributed by atoms with E-state index in [-0.39, 0.29) is 44.2 Å². The van der Waals surface area contributed by atoms with Gasteiger partial charge in [-0.3, -0.25) is 14.5 Å². The second kappa shape index (κ2) is 9.28. The van der Waals surface area contributed by atoms with Gasteiger partial charge in [0.2, 0.25) is 9.84 Å². The molecular formula is C27H21ClN2O4S2. The third-order valence-corrected chi connectivity index (χ3v) is 9.22. The Balaban J connectivity index is 1.55. The Morgan fingerprint density at radius 3 is 2.44 bits per heavy atom. The number of hydrogen-bond acceptors (Lipinski definition) is 6. The Labute approximate surface area is 218 Å². The highest BCUT2D eigenvalue weighted by atomic mass is 35.5. The van der Waals surface area contributed by atoms with Gasteiger partial charge in [0.05, 0.1) is 15.5 Å². The molecule has 1 amide bonds. The summed E-state index contributed by atoms with van der Waals surface area (Å²) in [6.45, 7) is 3.88. The van der Waals surface area contributed by atoms with Crippen LogP contribution in [0, 0.1) is 0 Å². The molecule has 1 atom stereocenters. The number of fused-ring (bicyclic) bond motifs is 2. The number of nitrogens with zero attached hydrogens (tertiary/aromatic N) is 2. The van der Waals surface area contributed by atoms with Gasteiger partial charge in [0.15, 0.2) is 10.9 Å². The average Bonchev–Trinajstić information content (AvgIpc) is 3.37. The van der Waals surface area contributed by atoms with Crippen LogP contribution < -0.4 is 4.90 Å². The molecule has 1 aliphatic heterocycles. The van der Waals surface area contributed by atoms with Crippen LogP contribution in [-0.2, 0) is 9.84 Å². The summed E-state index contributed by atoms with van der Waals surface area (Å²) in [5.41, 5.74) is 1.97. The number of rotatable bonds is 5. The first-order valence-corrected chi connectivity index (χ1v) is 14.0. The van der Waals surface area contributed by atoms with Gasteiger partial charge < -0.3 is 0 Å². The number of anilines is 1. The first-order valence-electron chi connectivity index (χ1n) is 11.3. The first-order chi connectivity index (χ1) is 17.2. The summed E-state index contributed by atoms with van der Waals surface area (Å²) in [6.07, 6.45) is 0.663. The molecule has 0 saturated heterocycles. The molecule has 0 spiro atoms. The van der Waals surface area contributed by atoms with E-state index in [4.69, 9.17) is 16.6 Å². The highest BCUT2D eigenvalue weighted by molar-refractivity contribution is 7.91. The Hall–Kier alpha value is -3.33. The number of thiazole rings is 1. The fourth-order valence-corrected chi connectivity index (χ4v) is 6.88. The van der Waals surface area contributed by atoms with Crippen molar-refractivity contribution in [2.24, 2.45) is 0 Å². The van der Waals surface area contributed by atoms with Crippen molar-refractivity contribution < 1.29 is 18.0 Å². The monoisotopic (exact) mass is 536 g/mol. The molecule has 36 heavy (non-hydrogen) atoms. The van der Waals surface area contributed by atoms with Crippen LogP contribution in [0.2, 0.25) is 5.02 Å². The van der Waals surface area contributed by atoms with E-state index in [0.29, 0.717) is 22.3 Å². The summed E-state index contributed by atoms with van der Waals surface area (Å²) in [7, 11) is -3.96. The molecule has 0 radical (unpaired) electrons. The summed E-state index contributed by atoms with van der Waals surface area (Å²) in [5.74, 6) is -0.758. The zero-order valence-electron chi connectivity index (χ0n) is 19.4. The molecule has 3 aromatic carbocycles. The number of carbonyl (C=O) groups excluding carboxylic acids is 2. The molecule has 182 valence electrons. The maximum absolute atomic E-state index is 13.8. The Kier molecular flexibility index (Phi) is 6.28. The van der Waals surface area contributed by atoms with Crippen molar-refractivity contribution >= 4 is 49.6 Å². The quantitative estimate of drug-likeness (QED) is 0.264. The number of aromatic nitrogens is 1. The van der Waals surface area contributed by atoms with Crippen LogP contribution in [0.4, 0.5) is 5.13 Å². The third kappa shape index (κ3) is 4.05. The smallest absolute Gasteiger partial charge is 0.260 e. The fraction of sp³-hybridized carbons (Fsp3) is 0.148. The minimum Gasteiger partial charge on any atom is -0.289 e. The predicted octanol–water partition coefficient (Wildman–Crippen LogP) is 6.29. The SMILES string of the molecule is CC[C@@H](C)N(C(=O)c1ccc2c(c1)S(=O)(=O)c1ccccc1C2=O)c1nc(-c2ccc(Cl)cc2)cs1. The van der Waals surface area contributed by atoms with Crippen LogP contribution >= 0.6 is 22.9 Å². The molecule has 0 N–H and O–H groups in total. The van der Waals surface area contributed by atoms with Crippen molar-refractivity contribution in [2.75, 3.05) is 4.90 Å². The second-order valence-electron chi connectivity index (χ2n) is 8.49. The lowest BCUT2D eigenvalue weighted by Crippen LogP contribution is -2.38. The van der Waals surface area contributed by atoms with Gasteiger partial charge in [0, 0.05) is 38.7 Å². The van der Waals surface area contributed by atoms with Gasteiger partial charge in [0.1, 0.15) is 0 Å². The predicted molar refractivity (Wildman–Crippen MR) is 141 cm³/mol. The van der Waals surface area contributed by atoms with Crippen molar-refractivity contribution in [1.82, 2.24) is 4.98 Å². The number of halogens is 1. The lowest BCUT2D eigenvalue weighted by Gasteiger charge is -2.27. The van der Waals surface area contributed by atoms with E-state index in [9.17, 15) is 18.0 Å². The minimum absolute atomic E-state index is 0.0431. The van der Waals surface area contributed by atoms with Gasteiger partial charge in [-0.25, -0.2) is 13.4 Å². The molecule has 6 nitrogen and oxygen atoms in total. The maximum atomic E-state index is 13.8. The van der Waals surface area contributed by atoms with E-state index in [1.807, 2.05) is 31.4 Å². The molecule has 1 aromatic heterocycles. The molecular weight excluding hydrogens is 516 g/mol. The molecule has 0 fully saturated rings. The molecule has 9 heteroatoms. The molecule has 0 aliphatic carbocycles. The number of hydrogen-bond donors (Lipinski definition) is 0. The maximum Gasteiger partial charge on any atom is 0.260 e. The van der Waals surface area contributed by atoms with Crippen molar-refractivity contribution in [3.8, 4) is 11.3 Å². The Morgan fingerprint density at radius 1 is 1.03 bits per heavy atom. The van der Waals surface area contributed by atoms with E-state index in [0.717, 1.165) is 5.56 Å². The van der Waals surface area contributed by atoms with Gasteiger partial charge in [-0.1, -0.05) is 42.8 Å². The highest BCUT2D eigenvalue weighted by Gasteiger charge is 2.36. The highest BCUT2D eigenvalue weighted by Crippen LogP contribution is 2.36. The Morgan fingerprint density at radius 2 is 1.72 bits per heavy atom. The molecule has 1 aliphatic rings. The first kappa shape index (κ1) is 24.4. The average molecular weight is 537 g/mol. The number of amides is 1. The lowest BCUT2D eigenvalue weighted by atomic mass is 10.0. The van der Waals surface area contributed by atoms with Gasteiger partial charge in [-0.15, -0.1) is 11.3 Å². The lowest BCUT2D eigenvalue weighted by molar-refractivity contribution is 0.0974. The van der Waals surface area contributed by atoms with Crippen molar-refractivity contribution in [1.29, 1.82) is 0 Å². The van der Waals surface area contributed by atoms with E-state index in [1.54, 1.807) is 29.2 Å². The number of carbonyl (C=O) groups is 2. The largest absolute Gasteiger partial charge is 0.289 e. The summed E-state index contributed by atoms with van der Waals surface area (Å²) in [5, 5.41) is 2.99. The van der Waals surface area contributed by atoms with Crippen LogP contribution in [0.25, 0.3) is 11.3 Å². The topological polar surface area (TPSA) is 84.4 Å². The standard InChI is InChI=1S/C27H21ClN2O4S2/c1-3-16(2)30(27-29-22(15-35-27)17-8-11-19(28)12-9-17)26(32)18-10-13-21-24(14-18)36(33,34)23-7-5-4-6-20(23)25(21)31/h4-16H,3H2,1-2H3/t16-/m1/s1. The number of ketones is 1. The summed E-state index contributed by atoms with van der Waals surface area (Å²) >= 11 is 7.33. The van der Waals surface area contributed by atoms with E-state index in [1.165, 1.54) is 41.7 Å². The zero-order valence-corrected chi connectivity index (χ0v) is 21.8. The molecule has 5 rings (SSSR count). The van der Waals surface area contributed by atoms with Gasteiger partial charge >= 0.3 is 0 Å². The third-order valence-electron chi connectivity index (χ3n) is 6.27. The van der Waals surface area contributed by atoms with Crippen LogP contribution in [0.5, 0.6) is 0 Å². The molecule has 2 heterocycles. The van der Waals surface area contributed by atoms with Crippen LogP contribution in [0.1, 0.15) is 46.5 Å². The van der Waals surface area contributed by atoms with Gasteiger partial charge in [-0.2, -0.15) is 0 Å². The zero-order chi connectivity index (χ0) is 25.6. The van der Waals surface area contributed by atoms with Crippen LogP contribution in [0.15, 0.2) is 81.9 Å². The van der Waals surface area contributed by atoms with Crippen molar-refractivity contribution in [2.45, 2.75) is 36.1 Å². The number of benzene rings is 3. The van der Waals surface area contributed by atoms with Gasteiger partial charge in [-0.05, 0) is 55.8 Å². The molecule has 4 aromatic rings. The molecule has 0 bridgehead atoms. The number of sulfone groups is 1. The summed E-state index contributed by atoms with van der Waals surface area (Å²) < 4.78 is 26.7. The van der Waals surface area contributed by atoms with Crippen molar-refractivity contribution in [3.63, 3.8) is 0 Å². The Bertz CT molecular complexity index is 1610. The molecule has 0 unspecified atom stereocenters. The van der Waals surface area contributed by atoms with E-state index < -0.39 is 9.84 Å². The summed E-state index contributed by atoms with van der Waals surface area (Å²) in [6, 6.07) is 17.4. The van der Waals surface area contributed by atoms with Gasteiger partial charge in [0.25, 0.3) is 5.91 Å². The summed E-state index contributed by atoms with van der Waals surface area (Å²) in [4.78, 5) is 32.8. The second-order valence-corrected chi connectivity index (χ2v) is 11.7. The fourth-order valence-electron chi connectivity index (χ4n) is 4.14. The van der Waals surface area contributed by atoms with E-state index >= 15 is 0 Å². The van der Waals surface area contributed by atoms with E-state index in [2.05, 4.69) is 0 Å². The van der Waals surface area contributed by atoms with Crippen molar-refractivity contribution in [3.05, 3.63) is 93.8 Å². The van der Waals surface area contributed by atoms with Crippen LogP contribution in [-0.4, -0.2) is 31.1 Å². The molecule has 0 saturated carbocycles. The van der Waals surface area contributed by atoms with Crippen LogP contribution in [0.3, 0.4) is 0 Å². The minimum atomic E-state index is -3.96.